The zero-order valence-electron chi connectivity index (χ0n) is 9.58. The smallest absolute Gasteiger partial charge is 0.226 e. The van der Waals surface area contributed by atoms with Crippen molar-refractivity contribution in [3.63, 3.8) is 0 Å². The lowest BCUT2D eigenvalue weighted by Crippen LogP contribution is -1.92. The van der Waals surface area contributed by atoms with Gasteiger partial charge in [-0.3, -0.25) is 0 Å². The highest BCUT2D eigenvalue weighted by molar-refractivity contribution is 5.33. The zero-order valence-corrected chi connectivity index (χ0v) is 9.58. The topological polar surface area (TPSA) is 53.5 Å². The predicted molar refractivity (Wildman–Crippen MR) is 61.7 cm³/mol. The minimum Gasteiger partial charge on any atom is -0.497 e. The van der Waals surface area contributed by atoms with Crippen molar-refractivity contribution in [1.29, 1.82) is 0 Å². The Morgan fingerprint density at radius 3 is 2.12 bits per heavy atom. The van der Waals surface area contributed by atoms with E-state index in [1.54, 1.807) is 32.4 Å². The molecule has 17 heavy (non-hydrogen) atoms. The van der Waals surface area contributed by atoms with Crippen LogP contribution in [0.4, 0.5) is 0 Å². The van der Waals surface area contributed by atoms with Crippen LogP contribution in [0.1, 0.15) is 0 Å². The van der Waals surface area contributed by atoms with Crippen molar-refractivity contribution in [3.05, 3.63) is 36.7 Å². The normalized spacial score (nSPS) is 9.76. The van der Waals surface area contributed by atoms with E-state index in [1.807, 2.05) is 12.1 Å². The van der Waals surface area contributed by atoms with Crippen LogP contribution >= 0.6 is 0 Å². The van der Waals surface area contributed by atoms with Crippen LogP contribution in [0.25, 0.3) is 0 Å². The summed E-state index contributed by atoms with van der Waals surface area (Å²) in [7, 11) is 3.16. The maximum Gasteiger partial charge on any atom is 0.226 e. The van der Waals surface area contributed by atoms with Gasteiger partial charge in [-0.05, 0) is 24.3 Å². The highest BCUT2D eigenvalue weighted by atomic mass is 16.5. The summed E-state index contributed by atoms with van der Waals surface area (Å²) in [5.74, 6) is 2.34. The molecule has 0 amide bonds. The molecular weight excluding hydrogens is 220 g/mol. The Hall–Kier alpha value is -2.30. The van der Waals surface area contributed by atoms with E-state index in [2.05, 4.69) is 9.97 Å². The summed E-state index contributed by atoms with van der Waals surface area (Å²) >= 11 is 0. The highest BCUT2D eigenvalue weighted by Gasteiger charge is 2.01. The van der Waals surface area contributed by atoms with Gasteiger partial charge in [0.25, 0.3) is 0 Å². The van der Waals surface area contributed by atoms with Crippen molar-refractivity contribution in [3.8, 4) is 23.3 Å². The van der Waals surface area contributed by atoms with Gasteiger partial charge in [0.05, 0.1) is 20.3 Å². The first kappa shape index (κ1) is 11.2. The SMILES string of the molecule is COc1ccc(Oc2cc(OC)ncn2)cc1. The summed E-state index contributed by atoms with van der Waals surface area (Å²) in [6.45, 7) is 0. The van der Waals surface area contributed by atoms with Gasteiger partial charge in [0.15, 0.2) is 0 Å². The molecule has 1 heterocycles. The molecule has 0 bridgehead atoms. The van der Waals surface area contributed by atoms with E-state index >= 15 is 0 Å². The fourth-order valence-corrected chi connectivity index (χ4v) is 1.25. The standard InChI is InChI=1S/C12H12N2O3/c1-15-9-3-5-10(6-4-9)17-12-7-11(16-2)13-8-14-12/h3-8H,1-2H3. The molecule has 1 aromatic heterocycles. The van der Waals surface area contributed by atoms with Crippen LogP contribution in [0.15, 0.2) is 36.7 Å². The fraction of sp³-hybridized carbons (Fsp3) is 0.167. The highest BCUT2D eigenvalue weighted by Crippen LogP contribution is 2.23. The lowest BCUT2D eigenvalue weighted by Gasteiger charge is -2.06. The van der Waals surface area contributed by atoms with Crippen molar-refractivity contribution in [2.24, 2.45) is 0 Å². The summed E-state index contributed by atoms with van der Waals surface area (Å²) in [5, 5.41) is 0. The lowest BCUT2D eigenvalue weighted by atomic mass is 10.3. The van der Waals surface area contributed by atoms with E-state index in [4.69, 9.17) is 14.2 Å². The van der Waals surface area contributed by atoms with Gasteiger partial charge in [0.2, 0.25) is 11.8 Å². The third-order valence-electron chi connectivity index (χ3n) is 2.11. The number of aromatic nitrogens is 2. The van der Waals surface area contributed by atoms with Gasteiger partial charge in [-0.1, -0.05) is 0 Å². The van der Waals surface area contributed by atoms with Crippen molar-refractivity contribution in [2.75, 3.05) is 14.2 Å². The first-order valence-electron chi connectivity index (χ1n) is 5.00. The number of ether oxygens (including phenoxy) is 3. The number of nitrogens with zero attached hydrogens (tertiary/aromatic N) is 2. The molecule has 0 unspecified atom stereocenters. The Bertz CT molecular complexity index is 485. The summed E-state index contributed by atoms with van der Waals surface area (Å²) in [5.41, 5.74) is 0. The summed E-state index contributed by atoms with van der Waals surface area (Å²) < 4.78 is 15.6. The molecule has 0 radical (unpaired) electrons. The molecule has 5 nitrogen and oxygen atoms in total. The predicted octanol–water partition coefficient (Wildman–Crippen LogP) is 2.29. The van der Waals surface area contributed by atoms with Gasteiger partial charge < -0.3 is 14.2 Å². The Labute approximate surface area is 99.0 Å². The van der Waals surface area contributed by atoms with Gasteiger partial charge in [-0.25, -0.2) is 9.97 Å². The molecule has 5 heteroatoms. The van der Waals surface area contributed by atoms with E-state index in [0.29, 0.717) is 17.5 Å². The molecule has 0 spiro atoms. The van der Waals surface area contributed by atoms with E-state index in [-0.39, 0.29) is 0 Å². The van der Waals surface area contributed by atoms with E-state index in [9.17, 15) is 0 Å². The Morgan fingerprint density at radius 1 is 0.824 bits per heavy atom. The largest absolute Gasteiger partial charge is 0.497 e. The average molecular weight is 232 g/mol. The van der Waals surface area contributed by atoms with Gasteiger partial charge in [0.1, 0.15) is 17.8 Å². The minimum absolute atomic E-state index is 0.432. The molecule has 0 saturated heterocycles. The summed E-state index contributed by atoms with van der Waals surface area (Å²) in [4.78, 5) is 7.87. The van der Waals surface area contributed by atoms with Crippen molar-refractivity contribution in [1.82, 2.24) is 9.97 Å². The first-order valence-corrected chi connectivity index (χ1v) is 5.00. The molecule has 88 valence electrons. The number of benzene rings is 1. The maximum atomic E-state index is 5.53. The van der Waals surface area contributed by atoms with E-state index in [0.717, 1.165) is 5.75 Å². The third kappa shape index (κ3) is 2.84. The Morgan fingerprint density at radius 2 is 1.47 bits per heavy atom. The fourth-order valence-electron chi connectivity index (χ4n) is 1.25. The minimum atomic E-state index is 0.432. The van der Waals surface area contributed by atoms with Crippen molar-refractivity contribution in [2.45, 2.75) is 0 Å². The third-order valence-corrected chi connectivity index (χ3v) is 2.11. The Balaban J connectivity index is 2.13. The number of hydrogen-bond donors (Lipinski definition) is 0. The van der Waals surface area contributed by atoms with Gasteiger partial charge in [-0.15, -0.1) is 0 Å². The van der Waals surface area contributed by atoms with Crippen LogP contribution in [0, 0.1) is 0 Å². The molecular formula is C12H12N2O3. The first-order chi connectivity index (χ1) is 8.31. The van der Waals surface area contributed by atoms with Gasteiger partial charge in [0, 0.05) is 0 Å². The summed E-state index contributed by atoms with van der Waals surface area (Å²) in [6.07, 6.45) is 1.39. The second-order valence-electron chi connectivity index (χ2n) is 3.18. The molecule has 1 aromatic carbocycles. The van der Waals surface area contributed by atoms with Gasteiger partial charge in [-0.2, -0.15) is 0 Å². The zero-order chi connectivity index (χ0) is 12.1. The molecule has 0 aliphatic carbocycles. The maximum absolute atomic E-state index is 5.53. The average Bonchev–Trinajstić information content (AvgIpc) is 2.40. The summed E-state index contributed by atoms with van der Waals surface area (Å²) in [6, 6.07) is 8.84. The number of rotatable bonds is 4. The van der Waals surface area contributed by atoms with Crippen molar-refractivity contribution >= 4 is 0 Å². The Kier molecular flexibility index (Phi) is 3.40. The quantitative estimate of drug-likeness (QED) is 0.809. The van der Waals surface area contributed by atoms with Crippen LogP contribution in [0.3, 0.4) is 0 Å². The van der Waals surface area contributed by atoms with Crippen LogP contribution in [0.5, 0.6) is 23.3 Å². The molecule has 0 fully saturated rings. The molecule has 0 aliphatic rings. The van der Waals surface area contributed by atoms with Crippen LogP contribution < -0.4 is 14.2 Å². The van der Waals surface area contributed by atoms with E-state index < -0.39 is 0 Å². The molecule has 0 aliphatic heterocycles. The number of methoxy groups -OCH3 is 2. The second-order valence-corrected chi connectivity index (χ2v) is 3.18. The molecule has 2 aromatic rings. The molecule has 0 atom stereocenters. The van der Waals surface area contributed by atoms with Gasteiger partial charge >= 0.3 is 0 Å². The van der Waals surface area contributed by atoms with Crippen LogP contribution in [-0.4, -0.2) is 24.2 Å². The lowest BCUT2D eigenvalue weighted by molar-refractivity contribution is 0.387. The molecule has 2 rings (SSSR count). The number of hydrogen-bond acceptors (Lipinski definition) is 5. The monoisotopic (exact) mass is 232 g/mol. The van der Waals surface area contributed by atoms with Crippen LogP contribution in [-0.2, 0) is 0 Å². The van der Waals surface area contributed by atoms with Crippen LogP contribution in [0.2, 0.25) is 0 Å². The second kappa shape index (κ2) is 5.16. The molecule has 0 saturated carbocycles. The van der Waals surface area contributed by atoms with E-state index in [1.165, 1.54) is 6.33 Å². The molecule has 0 N–H and O–H groups in total. The van der Waals surface area contributed by atoms with Crippen molar-refractivity contribution < 1.29 is 14.2 Å².